The smallest absolute Gasteiger partial charge is 0.410 e. The van der Waals surface area contributed by atoms with Crippen LogP contribution < -0.4 is 0 Å². The molecule has 0 aliphatic carbocycles. The van der Waals surface area contributed by atoms with Crippen molar-refractivity contribution in [1.82, 2.24) is 9.80 Å². The molecule has 1 spiro atoms. The van der Waals surface area contributed by atoms with Crippen molar-refractivity contribution < 1.29 is 17.9 Å². The first-order valence-corrected chi connectivity index (χ1v) is 9.62. The third kappa shape index (κ3) is 3.50. The molecule has 2 heterocycles. The van der Waals surface area contributed by atoms with Gasteiger partial charge in [0, 0.05) is 26.4 Å². The fourth-order valence-corrected chi connectivity index (χ4v) is 4.06. The van der Waals surface area contributed by atoms with Gasteiger partial charge in [-0.25, -0.2) is 13.2 Å². The third-order valence-electron chi connectivity index (χ3n) is 4.52. The van der Waals surface area contributed by atoms with E-state index in [9.17, 15) is 13.2 Å². The first-order valence-electron chi connectivity index (χ1n) is 7.73. The summed E-state index contributed by atoms with van der Waals surface area (Å²) in [7, 11) is -1.40. The summed E-state index contributed by atoms with van der Waals surface area (Å²) in [4.78, 5) is 15.9. The number of amides is 1. The molecule has 6 nitrogen and oxygen atoms in total. The molecular weight excluding hydrogens is 316 g/mol. The molecule has 2 aliphatic rings. The van der Waals surface area contributed by atoms with Gasteiger partial charge in [0.05, 0.1) is 11.4 Å². The Hall–Kier alpha value is -1.60. The summed E-state index contributed by atoms with van der Waals surface area (Å²) < 4.78 is 28.6. The lowest BCUT2D eigenvalue weighted by Crippen LogP contribution is -2.50. The number of rotatable bonds is 3. The van der Waals surface area contributed by atoms with E-state index in [2.05, 4.69) is 4.90 Å². The van der Waals surface area contributed by atoms with E-state index in [1.165, 1.54) is 6.26 Å². The van der Waals surface area contributed by atoms with Crippen LogP contribution in [0, 0.1) is 0 Å². The second-order valence-electron chi connectivity index (χ2n) is 6.64. The van der Waals surface area contributed by atoms with Crippen LogP contribution in [0.4, 0.5) is 4.79 Å². The number of hydrogen-bond donors (Lipinski definition) is 0. The Labute approximate surface area is 136 Å². The first kappa shape index (κ1) is 16.3. The molecule has 0 N–H and O–H groups in total. The van der Waals surface area contributed by atoms with E-state index in [1.54, 1.807) is 24.1 Å². The van der Waals surface area contributed by atoms with Crippen molar-refractivity contribution in [3.8, 4) is 0 Å². The highest BCUT2D eigenvalue weighted by atomic mass is 32.2. The summed E-state index contributed by atoms with van der Waals surface area (Å²) in [6.45, 7) is 3.04. The lowest BCUT2D eigenvalue weighted by atomic mass is 9.92. The Morgan fingerprint density at radius 1 is 1.22 bits per heavy atom. The first-order chi connectivity index (χ1) is 10.8. The number of likely N-dealkylation sites (N-methyl/N-ethyl adjacent to an activating group) is 1. The molecule has 1 atom stereocenters. The van der Waals surface area contributed by atoms with Crippen molar-refractivity contribution in [2.45, 2.75) is 29.9 Å². The average Bonchev–Trinajstić information content (AvgIpc) is 2.72. The van der Waals surface area contributed by atoms with E-state index >= 15 is 0 Å². The van der Waals surface area contributed by atoms with Crippen molar-refractivity contribution in [2.24, 2.45) is 0 Å². The highest BCUT2D eigenvalue weighted by molar-refractivity contribution is 7.90. The van der Waals surface area contributed by atoms with Crippen LogP contribution in [0.15, 0.2) is 29.2 Å². The summed E-state index contributed by atoms with van der Waals surface area (Å²) in [6, 6.07) is 7.00. The Kier molecular flexibility index (Phi) is 4.10. The SMILES string of the molecule is CN1CC2(CCCN(Cc3ccc(S(C)(=O)=O)cc3)C2)OC1=O. The van der Waals surface area contributed by atoms with Crippen LogP contribution in [0.5, 0.6) is 0 Å². The monoisotopic (exact) mass is 338 g/mol. The summed E-state index contributed by atoms with van der Waals surface area (Å²) >= 11 is 0. The van der Waals surface area contributed by atoms with E-state index in [1.807, 2.05) is 12.1 Å². The molecule has 126 valence electrons. The molecule has 0 saturated carbocycles. The molecule has 2 fully saturated rings. The van der Waals surface area contributed by atoms with Gasteiger partial charge in [0.2, 0.25) is 0 Å². The Morgan fingerprint density at radius 3 is 2.48 bits per heavy atom. The third-order valence-corrected chi connectivity index (χ3v) is 5.65. The van der Waals surface area contributed by atoms with E-state index in [0.29, 0.717) is 11.4 Å². The molecule has 0 bridgehead atoms. The maximum atomic E-state index is 11.7. The molecule has 1 aromatic carbocycles. The minimum atomic E-state index is -3.16. The second kappa shape index (κ2) is 5.79. The average molecular weight is 338 g/mol. The van der Waals surface area contributed by atoms with Crippen LogP contribution >= 0.6 is 0 Å². The minimum absolute atomic E-state index is 0.246. The van der Waals surface area contributed by atoms with Crippen molar-refractivity contribution in [3.05, 3.63) is 29.8 Å². The van der Waals surface area contributed by atoms with Crippen LogP contribution in [0.3, 0.4) is 0 Å². The van der Waals surface area contributed by atoms with Crippen LogP contribution in [0.25, 0.3) is 0 Å². The van der Waals surface area contributed by atoms with Gasteiger partial charge in [-0.3, -0.25) is 4.90 Å². The van der Waals surface area contributed by atoms with Crippen LogP contribution in [-0.4, -0.2) is 62.8 Å². The summed E-state index contributed by atoms with van der Waals surface area (Å²) in [5.41, 5.74) is 0.670. The molecule has 0 radical (unpaired) electrons. The number of nitrogens with zero attached hydrogens (tertiary/aromatic N) is 2. The van der Waals surface area contributed by atoms with Crippen LogP contribution in [-0.2, 0) is 21.1 Å². The molecule has 1 amide bonds. The van der Waals surface area contributed by atoms with Gasteiger partial charge >= 0.3 is 6.09 Å². The van der Waals surface area contributed by atoms with Gasteiger partial charge < -0.3 is 9.64 Å². The van der Waals surface area contributed by atoms with E-state index in [-0.39, 0.29) is 6.09 Å². The lowest BCUT2D eigenvalue weighted by Gasteiger charge is -2.38. The number of carbonyl (C=O) groups is 1. The fourth-order valence-electron chi connectivity index (χ4n) is 3.43. The number of sulfone groups is 1. The van der Waals surface area contributed by atoms with Crippen molar-refractivity contribution >= 4 is 15.9 Å². The molecule has 1 aromatic rings. The molecule has 2 saturated heterocycles. The summed E-state index contributed by atoms with van der Waals surface area (Å²) in [5.74, 6) is 0. The number of piperidine rings is 1. The lowest BCUT2D eigenvalue weighted by molar-refractivity contribution is -0.0113. The zero-order valence-corrected chi connectivity index (χ0v) is 14.3. The van der Waals surface area contributed by atoms with Crippen LogP contribution in [0.2, 0.25) is 0 Å². The summed E-state index contributed by atoms with van der Waals surface area (Å²) in [6.07, 6.45) is 2.85. The standard InChI is InChI=1S/C16H22N2O4S/c1-17-11-16(22-15(17)19)8-3-9-18(12-16)10-13-4-6-14(7-5-13)23(2,20)21/h4-7H,3,8-12H2,1-2H3. The topological polar surface area (TPSA) is 66.9 Å². The van der Waals surface area contributed by atoms with E-state index in [4.69, 9.17) is 4.74 Å². The molecule has 23 heavy (non-hydrogen) atoms. The molecule has 0 aromatic heterocycles. The number of ether oxygens (including phenoxy) is 1. The predicted molar refractivity (Wildman–Crippen MR) is 85.9 cm³/mol. The molecule has 1 unspecified atom stereocenters. The fraction of sp³-hybridized carbons (Fsp3) is 0.562. The number of hydrogen-bond acceptors (Lipinski definition) is 5. The van der Waals surface area contributed by atoms with Gasteiger partial charge in [-0.2, -0.15) is 0 Å². The van der Waals surface area contributed by atoms with Gasteiger partial charge in [-0.15, -0.1) is 0 Å². The Balaban J connectivity index is 1.67. The van der Waals surface area contributed by atoms with Crippen molar-refractivity contribution in [3.63, 3.8) is 0 Å². The molecule has 7 heteroatoms. The summed E-state index contributed by atoms with van der Waals surface area (Å²) in [5, 5.41) is 0. The number of benzene rings is 1. The number of carbonyl (C=O) groups excluding carboxylic acids is 1. The van der Waals surface area contributed by atoms with E-state index < -0.39 is 15.4 Å². The van der Waals surface area contributed by atoms with Gasteiger partial charge in [-0.1, -0.05) is 12.1 Å². The quantitative estimate of drug-likeness (QED) is 0.836. The molecule has 3 rings (SSSR count). The maximum absolute atomic E-state index is 11.7. The Morgan fingerprint density at radius 2 is 1.91 bits per heavy atom. The zero-order valence-electron chi connectivity index (χ0n) is 13.5. The van der Waals surface area contributed by atoms with Gasteiger partial charge in [0.1, 0.15) is 5.60 Å². The largest absolute Gasteiger partial charge is 0.440 e. The van der Waals surface area contributed by atoms with Gasteiger partial charge in [-0.05, 0) is 37.1 Å². The van der Waals surface area contributed by atoms with Gasteiger partial charge in [0.25, 0.3) is 0 Å². The second-order valence-corrected chi connectivity index (χ2v) is 8.65. The maximum Gasteiger partial charge on any atom is 0.410 e. The highest BCUT2D eigenvalue weighted by Crippen LogP contribution is 2.32. The Bertz CT molecular complexity index is 701. The van der Waals surface area contributed by atoms with Crippen molar-refractivity contribution in [2.75, 3.05) is 32.9 Å². The molecular formula is C16H22N2O4S. The van der Waals surface area contributed by atoms with Crippen LogP contribution in [0.1, 0.15) is 18.4 Å². The molecule has 2 aliphatic heterocycles. The zero-order chi connectivity index (χ0) is 16.7. The van der Waals surface area contributed by atoms with E-state index in [0.717, 1.165) is 38.0 Å². The van der Waals surface area contributed by atoms with Gasteiger partial charge in [0.15, 0.2) is 9.84 Å². The van der Waals surface area contributed by atoms with Crippen molar-refractivity contribution in [1.29, 1.82) is 0 Å². The highest BCUT2D eigenvalue weighted by Gasteiger charge is 2.46. The normalized spacial score (nSPS) is 25.8. The minimum Gasteiger partial charge on any atom is -0.440 e. The predicted octanol–water partition coefficient (Wildman–Crippen LogP) is 1.51. The number of likely N-dealkylation sites (tertiary alicyclic amines) is 1.